The largest absolute Gasteiger partial charge is 0.349 e. The third-order valence-corrected chi connectivity index (χ3v) is 3.80. The van der Waals surface area contributed by atoms with Gasteiger partial charge in [-0.15, -0.1) is 11.3 Å². The van der Waals surface area contributed by atoms with Crippen LogP contribution in [-0.2, 0) is 0 Å². The number of aromatic nitrogens is 2. The average Bonchev–Trinajstić information content (AvgIpc) is 2.72. The number of nitrogens with zero attached hydrogens (tertiary/aromatic N) is 2. The van der Waals surface area contributed by atoms with Gasteiger partial charge >= 0.3 is 0 Å². The first kappa shape index (κ1) is 10.5. The molecule has 88 valence electrons. The molecule has 1 fully saturated rings. The summed E-state index contributed by atoms with van der Waals surface area (Å²) in [4.78, 5) is 28.6. The average molecular weight is 249 g/mol. The van der Waals surface area contributed by atoms with E-state index in [4.69, 9.17) is 0 Å². The third-order valence-electron chi connectivity index (χ3n) is 3.03. The number of rotatable bonds is 2. The van der Waals surface area contributed by atoms with E-state index in [0.29, 0.717) is 4.96 Å². The Bertz CT molecular complexity index is 627. The van der Waals surface area contributed by atoms with Crippen LogP contribution in [0.1, 0.15) is 29.6 Å². The van der Waals surface area contributed by atoms with Crippen molar-refractivity contribution in [2.45, 2.75) is 25.3 Å². The van der Waals surface area contributed by atoms with E-state index in [-0.39, 0.29) is 23.1 Å². The lowest BCUT2D eigenvalue weighted by molar-refractivity contribution is 0.0915. The van der Waals surface area contributed by atoms with Crippen LogP contribution in [0.4, 0.5) is 0 Å². The molecule has 0 aliphatic heterocycles. The molecule has 0 saturated heterocycles. The monoisotopic (exact) mass is 249 g/mol. The van der Waals surface area contributed by atoms with Gasteiger partial charge in [0.25, 0.3) is 11.5 Å². The molecule has 2 heterocycles. The standard InChI is InChI=1S/C11H11N3O2S/c15-9(13-7-2-1-3-7)8-6-12-11-14(10(8)16)4-5-17-11/h4-7H,1-3H2,(H,13,15). The topological polar surface area (TPSA) is 63.5 Å². The van der Waals surface area contributed by atoms with Crippen molar-refractivity contribution in [3.05, 3.63) is 33.7 Å². The van der Waals surface area contributed by atoms with Gasteiger partial charge in [-0.3, -0.25) is 14.0 Å². The molecular weight excluding hydrogens is 238 g/mol. The van der Waals surface area contributed by atoms with Gasteiger partial charge in [0.15, 0.2) is 4.96 Å². The number of carbonyl (C=O) groups is 1. The normalized spacial score (nSPS) is 15.8. The predicted octanol–water partition coefficient (Wildman–Crippen LogP) is 1.04. The maximum atomic E-state index is 12.0. The van der Waals surface area contributed by atoms with Gasteiger partial charge in [0.05, 0.1) is 0 Å². The van der Waals surface area contributed by atoms with E-state index >= 15 is 0 Å². The van der Waals surface area contributed by atoms with Crippen LogP contribution in [0.3, 0.4) is 0 Å². The molecule has 0 bridgehead atoms. The van der Waals surface area contributed by atoms with Crippen LogP contribution in [-0.4, -0.2) is 21.3 Å². The molecule has 1 aliphatic rings. The Hall–Kier alpha value is -1.69. The van der Waals surface area contributed by atoms with Gasteiger partial charge in [-0.2, -0.15) is 0 Å². The fourth-order valence-electron chi connectivity index (χ4n) is 1.80. The van der Waals surface area contributed by atoms with Crippen molar-refractivity contribution in [2.24, 2.45) is 0 Å². The first-order chi connectivity index (χ1) is 8.25. The van der Waals surface area contributed by atoms with Crippen molar-refractivity contribution < 1.29 is 4.79 Å². The van der Waals surface area contributed by atoms with Gasteiger partial charge in [-0.05, 0) is 19.3 Å². The first-order valence-corrected chi connectivity index (χ1v) is 6.39. The van der Waals surface area contributed by atoms with Gasteiger partial charge in [0.1, 0.15) is 5.56 Å². The Morgan fingerprint density at radius 1 is 1.53 bits per heavy atom. The molecule has 0 atom stereocenters. The molecule has 6 heteroatoms. The third kappa shape index (κ3) is 1.74. The molecule has 1 saturated carbocycles. The molecule has 0 unspecified atom stereocenters. The van der Waals surface area contributed by atoms with Gasteiger partial charge < -0.3 is 5.32 Å². The molecule has 0 radical (unpaired) electrons. The molecule has 0 spiro atoms. The molecule has 3 rings (SSSR count). The zero-order chi connectivity index (χ0) is 11.8. The highest BCUT2D eigenvalue weighted by Gasteiger charge is 2.22. The molecule has 1 amide bonds. The zero-order valence-electron chi connectivity index (χ0n) is 9.05. The van der Waals surface area contributed by atoms with Crippen LogP contribution >= 0.6 is 11.3 Å². The lowest BCUT2D eigenvalue weighted by Gasteiger charge is -2.26. The van der Waals surface area contributed by atoms with Crippen LogP contribution in [0.25, 0.3) is 4.96 Å². The number of thiazole rings is 1. The second kappa shape index (κ2) is 3.96. The minimum Gasteiger partial charge on any atom is -0.349 e. The van der Waals surface area contributed by atoms with Crippen LogP contribution in [0.5, 0.6) is 0 Å². The Morgan fingerprint density at radius 3 is 3.06 bits per heavy atom. The maximum Gasteiger partial charge on any atom is 0.271 e. The molecule has 0 aromatic carbocycles. The minimum atomic E-state index is -0.312. The summed E-state index contributed by atoms with van der Waals surface area (Å²) in [6.45, 7) is 0. The van der Waals surface area contributed by atoms with Crippen LogP contribution in [0.2, 0.25) is 0 Å². The molecule has 5 nitrogen and oxygen atoms in total. The van der Waals surface area contributed by atoms with Crippen molar-refractivity contribution in [3.8, 4) is 0 Å². The smallest absolute Gasteiger partial charge is 0.271 e. The Labute approximate surface area is 101 Å². The van der Waals surface area contributed by atoms with Crippen molar-refractivity contribution in [1.82, 2.24) is 14.7 Å². The van der Waals surface area contributed by atoms with E-state index in [1.165, 1.54) is 21.9 Å². The second-order valence-corrected chi connectivity index (χ2v) is 5.01. The number of fused-ring (bicyclic) bond motifs is 1. The van der Waals surface area contributed by atoms with Gasteiger partial charge in [-0.25, -0.2) is 4.98 Å². The quantitative estimate of drug-likeness (QED) is 0.865. The molecule has 2 aromatic heterocycles. The van der Waals surface area contributed by atoms with E-state index in [1.807, 2.05) is 0 Å². The highest BCUT2D eigenvalue weighted by molar-refractivity contribution is 7.15. The van der Waals surface area contributed by atoms with Crippen LogP contribution < -0.4 is 10.9 Å². The molecule has 1 N–H and O–H groups in total. The summed E-state index contributed by atoms with van der Waals surface area (Å²) in [7, 11) is 0. The molecule has 1 aliphatic carbocycles. The van der Waals surface area contributed by atoms with Gasteiger partial charge in [-0.1, -0.05) is 0 Å². The number of hydrogen-bond acceptors (Lipinski definition) is 4. The molecular formula is C11H11N3O2S. The predicted molar refractivity (Wildman–Crippen MR) is 64.4 cm³/mol. The number of nitrogens with one attached hydrogen (secondary N) is 1. The highest BCUT2D eigenvalue weighted by atomic mass is 32.1. The fourth-order valence-corrected chi connectivity index (χ4v) is 2.47. The number of hydrogen-bond donors (Lipinski definition) is 1. The van der Waals surface area contributed by atoms with E-state index in [1.54, 1.807) is 11.6 Å². The Balaban J connectivity index is 1.96. The SMILES string of the molecule is O=C(NC1CCC1)c1cnc2sccn2c1=O. The lowest BCUT2D eigenvalue weighted by atomic mass is 9.93. The summed E-state index contributed by atoms with van der Waals surface area (Å²) in [6.07, 6.45) is 6.14. The summed E-state index contributed by atoms with van der Waals surface area (Å²) >= 11 is 1.37. The van der Waals surface area contributed by atoms with Crippen molar-refractivity contribution in [3.63, 3.8) is 0 Å². The summed E-state index contributed by atoms with van der Waals surface area (Å²) in [5.41, 5.74) is -0.180. The summed E-state index contributed by atoms with van der Waals surface area (Å²) in [6, 6.07) is 0.227. The summed E-state index contributed by atoms with van der Waals surface area (Å²) in [5, 5.41) is 4.62. The number of carbonyl (C=O) groups excluding carboxylic acids is 1. The molecule has 17 heavy (non-hydrogen) atoms. The lowest BCUT2D eigenvalue weighted by Crippen LogP contribution is -2.41. The highest BCUT2D eigenvalue weighted by Crippen LogP contribution is 2.18. The Kier molecular flexibility index (Phi) is 2.44. The number of amides is 1. The van der Waals surface area contributed by atoms with Gasteiger partial charge in [0, 0.05) is 23.8 Å². The summed E-state index contributed by atoms with van der Waals surface area (Å²) < 4.78 is 1.40. The first-order valence-electron chi connectivity index (χ1n) is 5.51. The van der Waals surface area contributed by atoms with Crippen molar-refractivity contribution in [2.75, 3.05) is 0 Å². The zero-order valence-corrected chi connectivity index (χ0v) is 9.87. The van der Waals surface area contributed by atoms with E-state index in [9.17, 15) is 9.59 Å². The van der Waals surface area contributed by atoms with E-state index in [2.05, 4.69) is 10.3 Å². The van der Waals surface area contributed by atoms with E-state index < -0.39 is 0 Å². The second-order valence-electron chi connectivity index (χ2n) is 4.13. The molecule has 2 aromatic rings. The maximum absolute atomic E-state index is 12.0. The van der Waals surface area contributed by atoms with Gasteiger partial charge in [0.2, 0.25) is 0 Å². The van der Waals surface area contributed by atoms with Crippen LogP contribution in [0.15, 0.2) is 22.6 Å². The van der Waals surface area contributed by atoms with Crippen molar-refractivity contribution in [1.29, 1.82) is 0 Å². The van der Waals surface area contributed by atoms with E-state index in [0.717, 1.165) is 19.3 Å². The minimum absolute atomic E-state index is 0.118. The fraction of sp³-hybridized carbons (Fsp3) is 0.364. The Morgan fingerprint density at radius 2 is 2.35 bits per heavy atom. The van der Waals surface area contributed by atoms with Crippen molar-refractivity contribution >= 4 is 22.2 Å². The summed E-state index contributed by atoms with van der Waals surface area (Å²) in [5.74, 6) is -0.312. The van der Waals surface area contributed by atoms with Crippen LogP contribution in [0, 0.1) is 0 Å².